The molecule has 2 heterocycles. The molecule has 0 saturated carbocycles. The van der Waals surface area contributed by atoms with Crippen LogP contribution in [-0.4, -0.2) is 37.5 Å². The van der Waals surface area contributed by atoms with E-state index in [4.69, 9.17) is 4.43 Å². The van der Waals surface area contributed by atoms with Gasteiger partial charge in [0.1, 0.15) is 18.1 Å². The molecule has 2 aromatic carbocycles. The number of anilines is 2. The van der Waals surface area contributed by atoms with Gasteiger partial charge in [-0.3, -0.25) is 4.79 Å². The maximum absolute atomic E-state index is 13.3. The molecule has 0 spiro atoms. The van der Waals surface area contributed by atoms with Crippen molar-refractivity contribution < 1.29 is 13.6 Å². The summed E-state index contributed by atoms with van der Waals surface area (Å²) in [5.74, 6) is -0.124. The third-order valence-corrected chi connectivity index (χ3v) is 8.07. The number of carbonyl (C=O) groups is 1. The molecule has 2 atom stereocenters. The molecule has 0 aliphatic carbocycles. The topological polar surface area (TPSA) is 83.2 Å². The van der Waals surface area contributed by atoms with E-state index in [1.807, 2.05) is 12.1 Å². The fraction of sp³-hybridized carbons (Fsp3) is 0.414. The van der Waals surface area contributed by atoms with Crippen LogP contribution in [0.25, 0.3) is 5.69 Å². The van der Waals surface area contributed by atoms with Crippen molar-refractivity contribution in [3.63, 3.8) is 0 Å². The molecule has 0 radical (unpaired) electrons. The average molecular weight is 534 g/mol. The van der Waals surface area contributed by atoms with Gasteiger partial charge in [-0.1, -0.05) is 20.8 Å². The minimum Gasteiger partial charge on any atom is -0.401 e. The van der Waals surface area contributed by atoms with Crippen molar-refractivity contribution in [2.75, 3.05) is 16.8 Å². The van der Waals surface area contributed by atoms with Crippen LogP contribution in [0.5, 0.6) is 0 Å². The zero-order chi connectivity index (χ0) is 27.6. The molecule has 1 aliphatic rings. The van der Waals surface area contributed by atoms with E-state index in [2.05, 4.69) is 55.2 Å². The Morgan fingerprint density at radius 1 is 1.21 bits per heavy atom. The highest BCUT2D eigenvalue weighted by Gasteiger charge is 2.36. The first-order valence-electron chi connectivity index (χ1n) is 13.1. The van der Waals surface area contributed by atoms with Crippen LogP contribution < -0.4 is 10.2 Å². The molecule has 1 saturated heterocycles. The summed E-state index contributed by atoms with van der Waals surface area (Å²) in [5.41, 5.74) is 3.75. The number of hydrogen-bond acceptors (Lipinski definition) is 5. The molecular weight excluding hydrogens is 497 g/mol. The Morgan fingerprint density at radius 2 is 1.92 bits per heavy atom. The molecule has 4 rings (SSSR count). The summed E-state index contributed by atoms with van der Waals surface area (Å²) in [5, 5.41) is 17.2. The standard InChI is InChI=1S/C29H36FN5O2Si/c1-19-25(18-32-35(19)24-10-7-22(30)8-11-24)28(36)33-23-9-12-26(20(15-23)17-31)34-14-13-21(29(2,3)4)16-27(34)37-38(5)6/h7-12,15,18,21,27,38H,13-14,16H2,1-6H3,(H,33,36). The van der Waals surface area contributed by atoms with E-state index in [0.29, 0.717) is 34.1 Å². The fourth-order valence-corrected chi connectivity index (χ4v) is 5.95. The van der Waals surface area contributed by atoms with Crippen LogP contribution in [0, 0.1) is 35.4 Å². The molecule has 200 valence electrons. The number of rotatable bonds is 6. The summed E-state index contributed by atoms with van der Waals surface area (Å²) in [6.45, 7) is 13.8. The number of amides is 1. The Hall–Kier alpha value is -3.48. The summed E-state index contributed by atoms with van der Waals surface area (Å²) in [6.07, 6.45) is 3.39. The van der Waals surface area contributed by atoms with E-state index in [-0.39, 0.29) is 23.4 Å². The molecule has 0 bridgehead atoms. The zero-order valence-corrected chi connectivity index (χ0v) is 24.1. The zero-order valence-electron chi connectivity index (χ0n) is 23.0. The quantitative estimate of drug-likeness (QED) is 0.391. The second kappa shape index (κ2) is 11.1. The lowest BCUT2D eigenvalue weighted by Crippen LogP contribution is -2.48. The number of hydrogen-bond donors (Lipinski definition) is 1. The number of nitrogens with zero attached hydrogens (tertiary/aromatic N) is 4. The van der Waals surface area contributed by atoms with Gasteiger partial charge in [0.2, 0.25) is 0 Å². The van der Waals surface area contributed by atoms with E-state index >= 15 is 0 Å². The van der Waals surface area contributed by atoms with E-state index in [9.17, 15) is 14.4 Å². The van der Waals surface area contributed by atoms with Gasteiger partial charge in [0.25, 0.3) is 5.91 Å². The van der Waals surface area contributed by atoms with E-state index in [0.717, 1.165) is 25.1 Å². The Balaban J connectivity index is 1.55. The first-order chi connectivity index (χ1) is 18.0. The fourth-order valence-electron chi connectivity index (χ4n) is 5.06. The number of benzene rings is 2. The van der Waals surface area contributed by atoms with Crippen LogP contribution in [0.3, 0.4) is 0 Å². The molecule has 38 heavy (non-hydrogen) atoms. The second-order valence-electron chi connectivity index (χ2n) is 11.2. The Labute approximate surface area is 226 Å². The number of piperidine rings is 1. The molecule has 1 N–H and O–H groups in total. The number of aromatic nitrogens is 2. The van der Waals surface area contributed by atoms with Gasteiger partial charge >= 0.3 is 0 Å². The molecule has 3 aromatic rings. The molecule has 1 amide bonds. The average Bonchev–Trinajstić information content (AvgIpc) is 3.25. The second-order valence-corrected chi connectivity index (χ2v) is 13.6. The van der Waals surface area contributed by atoms with Crippen LogP contribution in [0.1, 0.15) is 55.2 Å². The van der Waals surface area contributed by atoms with Gasteiger partial charge in [0.05, 0.1) is 34.4 Å². The van der Waals surface area contributed by atoms with Crippen LogP contribution in [-0.2, 0) is 4.43 Å². The maximum Gasteiger partial charge on any atom is 0.259 e. The SMILES string of the molecule is Cc1c(C(=O)Nc2ccc(N3CCC(C(C)(C)C)CC3O[SiH](C)C)c(C#N)c2)cnn1-c1ccc(F)cc1. The van der Waals surface area contributed by atoms with Crippen molar-refractivity contribution in [3.05, 3.63) is 71.3 Å². The maximum atomic E-state index is 13.3. The van der Waals surface area contributed by atoms with Gasteiger partial charge in [-0.05, 0) is 86.7 Å². The lowest BCUT2D eigenvalue weighted by Gasteiger charge is -2.45. The van der Waals surface area contributed by atoms with E-state index in [1.54, 1.807) is 29.8 Å². The van der Waals surface area contributed by atoms with Crippen molar-refractivity contribution in [2.45, 2.75) is 59.9 Å². The van der Waals surface area contributed by atoms with Gasteiger partial charge < -0.3 is 14.6 Å². The van der Waals surface area contributed by atoms with Crippen molar-refractivity contribution in [1.29, 1.82) is 5.26 Å². The highest BCUT2D eigenvalue weighted by molar-refractivity contribution is 6.48. The summed E-state index contributed by atoms with van der Waals surface area (Å²) in [4.78, 5) is 15.3. The first-order valence-corrected chi connectivity index (χ1v) is 15.8. The molecule has 2 unspecified atom stereocenters. The molecular formula is C29H36FN5O2Si. The van der Waals surface area contributed by atoms with Gasteiger partial charge in [-0.25, -0.2) is 9.07 Å². The number of carbonyl (C=O) groups excluding carboxylic acids is 1. The van der Waals surface area contributed by atoms with Gasteiger partial charge in [-0.15, -0.1) is 0 Å². The third kappa shape index (κ3) is 5.98. The van der Waals surface area contributed by atoms with E-state index in [1.165, 1.54) is 18.3 Å². The van der Waals surface area contributed by atoms with Gasteiger partial charge in [0, 0.05) is 12.2 Å². The Morgan fingerprint density at radius 3 is 2.55 bits per heavy atom. The van der Waals surface area contributed by atoms with Crippen molar-refractivity contribution in [1.82, 2.24) is 9.78 Å². The molecule has 1 aromatic heterocycles. The molecule has 1 aliphatic heterocycles. The Kier molecular flexibility index (Phi) is 8.04. The molecule has 7 nitrogen and oxygen atoms in total. The highest BCUT2D eigenvalue weighted by Crippen LogP contribution is 2.40. The Bertz CT molecular complexity index is 1340. The highest BCUT2D eigenvalue weighted by atomic mass is 28.3. The van der Waals surface area contributed by atoms with Gasteiger partial charge in [0.15, 0.2) is 9.04 Å². The van der Waals surface area contributed by atoms with Gasteiger partial charge in [-0.2, -0.15) is 10.4 Å². The lowest BCUT2D eigenvalue weighted by atomic mass is 9.74. The minimum absolute atomic E-state index is 0.0628. The van der Waals surface area contributed by atoms with Crippen LogP contribution in [0.15, 0.2) is 48.7 Å². The monoisotopic (exact) mass is 533 g/mol. The largest absolute Gasteiger partial charge is 0.401 e. The molecule has 1 fully saturated rings. The normalized spacial score (nSPS) is 17.9. The summed E-state index contributed by atoms with van der Waals surface area (Å²) < 4.78 is 21.3. The van der Waals surface area contributed by atoms with Crippen LogP contribution >= 0.6 is 0 Å². The summed E-state index contributed by atoms with van der Waals surface area (Å²) in [7, 11) is -1.31. The smallest absolute Gasteiger partial charge is 0.259 e. The number of halogens is 1. The lowest BCUT2D eigenvalue weighted by molar-refractivity contribution is 0.0850. The summed E-state index contributed by atoms with van der Waals surface area (Å²) >= 11 is 0. The van der Waals surface area contributed by atoms with Crippen molar-refractivity contribution >= 4 is 26.3 Å². The first kappa shape index (κ1) is 27.5. The van der Waals surface area contributed by atoms with Crippen molar-refractivity contribution in [3.8, 4) is 11.8 Å². The molecule has 9 heteroatoms. The van der Waals surface area contributed by atoms with Crippen molar-refractivity contribution in [2.24, 2.45) is 11.3 Å². The minimum atomic E-state index is -1.31. The predicted octanol–water partition coefficient (Wildman–Crippen LogP) is 6.03. The summed E-state index contributed by atoms with van der Waals surface area (Å²) in [6, 6.07) is 13.7. The predicted molar refractivity (Wildman–Crippen MR) is 151 cm³/mol. The van der Waals surface area contributed by atoms with E-state index < -0.39 is 9.04 Å². The number of nitrogens with one attached hydrogen (secondary N) is 1. The number of nitriles is 1. The van der Waals surface area contributed by atoms with Crippen LogP contribution in [0.4, 0.5) is 15.8 Å². The third-order valence-electron chi connectivity index (χ3n) is 7.22. The van der Waals surface area contributed by atoms with Crippen LogP contribution in [0.2, 0.25) is 13.1 Å².